The van der Waals surface area contributed by atoms with E-state index in [2.05, 4.69) is 10.3 Å². The number of aromatic nitrogens is 1. The number of pyridine rings is 1. The average Bonchev–Trinajstić information content (AvgIpc) is 2.64. The van der Waals surface area contributed by atoms with Crippen LogP contribution in [-0.4, -0.2) is 10.9 Å². The molecule has 1 amide bonds. The Bertz CT molecular complexity index is 948. The predicted molar refractivity (Wildman–Crippen MR) is 96.9 cm³/mol. The van der Waals surface area contributed by atoms with Gasteiger partial charge >= 0.3 is 0 Å². The van der Waals surface area contributed by atoms with Crippen molar-refractivity contribution in [3.8, 4) is 11.1 Å². The first-order valence-electron chi connectivity index (χ1n) is 7.91. The second kappa shape index (κ2) is 7.62. The summed E-state index contributed by atoms with van der Waals surface area (Å²) in [6.45, 7) is 1.68. The van der Waals surface area contributed by atoms with Crippen molar-refractivity contribution >= 4 is 17.5 Å². The number of carbonyl (C=O) groups excluding carboxylic acids is 1. The Morgan fingerprint density at radius 1 is 1.00 bits per heavy atom. The van der Waals surface area contributed by atoms with Crippen molar-refractivity contribution in [2.24, 2.45) is 0 Å². The van der Waals surface area contributed by atoms with Crippen LogP contribution in [-0.2, 0) is 0 Å². The molecule has 0 radical (unpaired) electrons. The largest absolute Gasteiger partial charge is 0.345 e. The molecule has 26 heavy (non-hydrogen) atoms. The summed E-state index contributed by atoms with van der Waals surface area (Å²) in [5, 5.41) is 3.04. The first-order valence-corrected chi connectivity index (χ1v) is 8.29. The zero-order valence-corrected chi connectivity index (χ0v) is 14.6. The highest BCUT2D eigenvalue weighted by molar-refractivity contribution is 6.34. The summed E-state index contributed by atoms with van der Waals surface area (Å²) in [5.74, 6) is -2.28. The number of nitrogens with one attached hydrogen (secondary N) is 1. The van der Waals surface area contributed by atoms with Crippen LogP contribution in [0, 0.1) is 11.6 Å². The Labute approximate surface area is 154 Å². The molecule has 1 unspecified atom stereocenters. The number of halogens is 3. The molecule has 0 bridgehead atoms. The molecule has 0 saturated heterocycles. The van der Waals surface area contributed by atoms with Gasteiger partial charge < -0.3 is 5.32 Å². The van der Waals surface area contributed by atoms with Gasteiger partial charge in [0.05, 0.1) is 16.6 Å². The minimum absolute atomic E-state index is 0.300. The van der Waals surface area contributed by atoms with E-state index in [0.29, 0.717) is 16.1 Å². The summed E-state index contributed by atoms with van der Waals surface area (Å²) in [5.41, 5.74) is 2.56. The van der Waals surface area contributed by atoms with Crippen LogP contribution in [0.15, 0.2) is 60.9 Å². The van der Waals surface area contributed by atoms with Gasteiger partial charge in [0.1, 0.15) is 0 Å². The Morgan fingerprint density at radius 3 is 2.38 bits per heavy atom. The molecule has 0 fully saturated rings. The third-order valence-corrected chi connectivity index (χ3v) is 4.33. The minimum Gasteiger partial charge on any atom is -0.345 e. The Kier molecular flexibility index (Phi) is 5.28. The number of amides is 1. The lowest BCUT2D eigenvalue weighted by molar-refractivity contribution is 0.0940. The summed E-state index contributed by atoms with van der Waals surface area (Å²) in [7, 11) is 0. The second-order valence-corrected chi connectivity index (χ2v) is 6.21. The van der Waals surface area contributed by atoms with E-state index in [1.165, 1.54) is 6.07 Å². The molecular formula is C20H15ClF2N2O. The van der Waals surface area contributed by atoms with E-state index in [9.17, 15) is 13.6 Å². The van der Waals surface area contributed by atoms with E-state index in [1.807, 2.05) is 12.1 Å². The molecule has 3 nitrogen and oxygen atoms in total. The van der Waals surface area contributed by atoms with Crippen LogP contribution in [0.2, 0.25) is 5.02 Å². The topological polar surface area (TPSA) is 42.0 Å². The zero-order valence-electron chi connectivity index (χ0n) is 13.8. The first kappa shape index (κ1) is 18.0. The monoisotopic (exact) mass is 372 g/mol. The van der Waals surface area contributed by atoms with Crippen molar-refractivity contribution in [3.05, 3.63) is 88.7 Å². The smallest absolute Gasteiger partial charge is 0.253 e. The molecule has 0 aliphatic heterocycles. The first-order chi connectivity index (χ1) is 12.5. The molecule has 132 valence electrons. The van der Waals surface area contributed by atoms with Gasteiger partial charge in [-0.15, -0.1) is 0 Å². The normalized spacial score (nSPS) is 11.8. The Morgan fingerprint density at radius 2 is 1.73 bits per heavy atom. The molecular weight excluding hydrogens is 358 g/mol. The van der Waals surface area contributed by atoms with Crippen molar-refractivity contribution in [2.75, 3.05) is 0 Å². The second-order valence-electron chi connectivity index (χ2n) is 5.80. The molecule has 0 aliphatic carbocycles. The number of nitrogens with zero attached hydrogens (tertiary/aromatic N) is 1. The van der Waals surface area contributed by atoms with Gasteiger partial charge in [0.25, 0.3) is 5.91 Å². The minimum atomic E-state index is -0.955. The number of hydrogen-bond acceptors (Lipinski definition) is 2. The van der Waals surface area contributed by atoms with Crippen molar-refractivity contribution in [1.82, 2.24) is 10.3 Å². The molecule has 6 heteroatoms. The third kappa shape index (κ3) is 3.89. The Balaban J connectivity index is 1.78. The van der Waals surface area contributed by atoms with E-state index in [1.54, 1.807) is 37.5 Å². The lowest BCUT2D eigenvalue weighted by Crippen LogP contribution is -2.27. The number of hydrogen-bond donors (Lipinski definition) is 1. The van der Waals surface area contributed by atoms with Gasteiger partial charge in [-0.05, 0) is 60.0 Å². The van der Waals surface area contributed by atoms with Gasteiger partial charge in [0.15, 0.2) is 11.6 Å². The molecule has 1 heterocycles. The van der Waals surface area contributed by atoms with Gasteiger partial charge in [-0.25, -0.2) is 8.78 Å². The highest BCUT2D eigenvalue weighted by Gasteiger charge is 2.16. The molecule has 1 atom stereocenters. The fourth-order valence-electron chi connectivity index (χ4n) is 2.56. The van der Waals surface area contributed by atoms with E-state index in [-0.39, 0.29) is 0 Å². The average molecular weight is 373 g/mol. The van der Waals surface area contributed by atoms with Crippen LogP contribution in [0.25, 0.3) is 11.1 Å². The van der Waals surface area contributed by atoms with Crippen LogP contribution < -0.4 is 5.32 Å². The van der Waals surface area contributed by atoms with E-state index >= 15 is 0 Å². The lowest BCUT2D eigenvalue weighted by atomic mass is 10.0. The van der Waals surface area contributed by atoms with Gasteiger partial charge in [-0.2, -0.15) is 0 Å². The van der Waals surface area contributed by atoms with Crippen LogP contribution in [0.3, 0.4) is 0 Å². The fraction of sp³-hybridized carbons (Fsp3) is 0.100. The standard InChI is InChI=1S/C20H15ClF2N2O/c1-12(14-3-5-18(22)19(23)11-14)25-20(26)16-4-2-15(10-17(16)21)13-6-8-24-9-7-13/h2-12H,1H3,(H,25,26). The summed E-state index contributed by atoms with van der Waals surface area (Å²) in [6.07, 6.45) is 3.35. The number of rotatable bonds is 4. The maximum absolute atomic E-state index is 13.4. The van der Waals surface area contributed by atoms with Crippen LogP contribution in [0.4, 0.5) is 8.78 Å². The molecule has 3 rings (SSSR count). The highest BCUT2D eigenvalue weighted by Crippen LogP contribution is 2.26. The van der Waals surface area contributed by atoms with Crippen molar-refractivity contribution < 1.29 is 13.6 Å². The molecule has 2 aromatic carbocycles. The summed E-state index contributed by atoms with van der Waals surface area (Å²) in [4.78, 5) is 16.4. The maximum atomic E-state index is 13.4. The van der Waals surface area contributed by atoms with Crippen LogP contribution in [0.1, 0.15) is 28.9 Å². The highest BCUT2D eigenvalue weighted by atomic mass is 35.5. The van der Waals surface area contributed by atoms with E-state index in [0.717, 1.165) is 23.3 Å². The van der Waals surface area contributed by atoms with Crippen molar-refractivity contribution in [3.63, 3.8) is 0 Å². The molecule has 1 N–H and O–H groups in total. The van der Waals surface area contributed by atoms with E-state index < -0.39 is 23.6 Å². The van der Waals surface area contributed by atoms with E-state index in [4.69, 9.17) is 11.6 Å². The quantitative estimate of drug-likeness (QED) is 0.686. The molecule has 1 aromatic heterocycles. The lowest BCUT2D eigenvalue weighted by Gasteiger charge is -2.15. The van der Waals surface area contributed by atoms with Gasteiger partial charge in [0.2, 0.25) is 0 Å². The fourth-order valence-corrected chi connectivity index (χ4v) is 2.83. The zero-order chi connectivity index (χ0) is 18.7. The Hall–Kier alpha value is -2.79. The van der Waals surface area contributed by atoms with Crippen molar-refractivity contribution in [2.45, 2.75) is 13.0 Å². The van der Waals surface area contributed by atoms with Gasteiger partial charge in [-0.1, -0.05) is 23.7 Å². The predicted octanol–water partition coefficient (Wildman–Crippen LogP) is 5.17. The SMILES string of the molecule is CC(NC(=O)c1ccc(-c2ccncc2)cc1Cl)c1ccc(F)c(F)c1. The molecule has 3 aromatic rings. The summed E-state index contributed by atoms with van der Waals surface area (Å²) in [6, 6.07) is 11.8. The molecule has 0 saturated carbocycles. The van der Waals surface area contributed by atoms with Gasteiger partial charge in [0, 0.05) is 12.4 Å². The number of benzene rings is 2. The van der Waals surface area contributed by atoms with Crippen molar-refractivity contribution in [1.29, 1.82) is 0 Å². The maximum Gasteiger partial charge on any atom is 0.253 e. The third-order valence-electron chi connectivity index (χ3n) is 4.02. The number of carbonyl (C=O) groups is 1. The summed E-state index contributed by atoms with van der Waals surface area (Å²) >= 11 is 6.26. The van der Waals surface area contributed by atoms with Gasteiger partial charge in [-0.3, -0.25) is 9.78 Å². The van der Waals surface area contributed by atoms with Crippen LogP contribution in [0.5, 0.6) is 0 Å². The molecule has 0 spiro atoms. The summed E-state index contributed by atoms with van der Waals surface area (Å²) < 4.78 is 26.4. The van der Waals surface area contributed by atoms with Crippen LogP contribution >= 0.6 is 11.6 Å². The molecule has 0 aliphatic rings.